The maximum Gasteiger partial charge on any atom is 0.401 e. The fourth-order valence-electron chi connectivity index (χ4n) is 4.65. The summed E-state index contributed by atoms with van der Waals surface area (Å²) in [5, 5.41) is 2.66. The number of hydrogen-bond acceptors (Lipinski definition) is 5. The molecular weight excluding hydrogens is 441 g/mol. The number of fused-ring (bicyclic) bond motifs is 1. The fraction of sp³-hybridized carbons (Fsp3) is 0.478. The molecule has 0 aromatic heterocycles. The van der Waals surface area contributed by atoms with Crippen molar-refractivity contribution in [1.29, 1.82) is 0 Å². The van der Waals surface area contributed by atoms with Gasteiger partial charge in [0.2, 0.25) is 0 Å². The summed E-state index contributed by atoms with van der Waals surface area (Å²) >= 11 is 0. The van der Waals surface area contributed by atoms with E-state index in [4.69, 9.17) is 4.74 Å². The molecule has 9 heteroatoms. The second-order valence-electron chi connectivity index (χ2n) is 8.58. The molecule has 1 fully saturated rings. The van der Waals surface area contributed by atoms with Gasteiger partial charge in [-0.05, 0) is 61.2 Å². The van der Waals surface area contributed by atoms with Crippen LogP contribution in [0.2, 0.25) is 0 Å². The first kappa shape index (κ1) is 23.1. The molecule has 2 aliphatic rings. The highest BCUT2D eigenvalue weighted by Gasteiger charge is 2.40. The van der Waals surface area contributed by atoms with Crippen molar-refractivity contribution < 1.29 is 26.3 Å². The van der Waals surface area contributed by atoms with E-state index in [1.807, 2.05) is 18.2 Å². The van der Waals surface area contributed by atoms with E-state index in [0.29, 0.717) is 18.7 Å². The van der Waals surface area contributed by atoms with Gasteiger partial charge in [0.05, 0.1) is 17.5 Å². The summed E-state index contributed by atoms with van der Waals surface area (Å²) in [6.45, 7) is 0.348. The van der Waals surface area contributed by atoms with E-state index < -0.39 is 22.6 Å². The van der Waals surface area contributed by atoms with E-state index in [1.165, 1.54) is 17.7 Å². The number of nitrogens with one attached hydrogen (secondary N) is 1. The van der Waals surface area contributed by atoms with Crippen molar-refractivity contribution in [2.24, 2.45) is 0 Å². The van der Waals surface area contributed by atoms with Crippen LogP contribution in [0.15, 0.2) is 53.4 Å². The highest BCUT2D eigenvalue weighted by atomic mass is 32.2. The van der Waals surface area contributed by atoms with E-state index in [1.54, 1.807) is 12.1 Å². The molecule has 2 aromatic rings. The van der Waals surface area contributed by atoms with Crippen LogP contribution in [0, 0.1) is 0 Å². The molecule has 5 nitrogen and oxygen atoms in total. The quantitative estimate of drug-likeness (QED) is 0.700. The third-order valence-electron chi connectivity index (χ3n) is 6.17. The molecule has 0 spiro atoms. The van der Waals surface area contributed by atoms with Crippen LogP contribution < -0.4 is 10.1 Å². The predicted molar refractivity (Wildman–Crippen MR) is 116 cm³/mol. The number of halogens is 3. The van der Waals surface area contributed by atoms with Gasteiger partial charge in [-0.15, -0.1) is 0 Å². The van der Waals surface area contributed by atoms with Crippen LogP contribution in [0.5, 0.6) is 5.75 Å². The normalized spacial score (nSPS) is 24.3. The van der Waals surface area contributed by atoms with Gasteiger partial charge in [0, 0.05) is 18.8 Å². The van der Waals surface area contributed by atoms with Gasteiger partial charge in [0.25, 0.3) is 0 Å². The van der Waals surface area contributed by atoms with Crippen LogP contribution in [-0.4, -0.2) is 57.5 Å². The number of benzene rings is 2. The maximum absolute atomic E-state index is 12.7. The number of piperidine rings is 1. The molecule has 1 heterocycles. The van der Waals surface area contributed by atoms with Gasteiger partial charge in [0.15, 0.2) is 9.84 Å². The molecule has 3 atom stereocenters. The minimum atomic E-state index is -4.23. The molecule has 1 aliphatic carbocycles. The highest BCUT2D eigenvalue weighted by molar-refractivity contribution is 7.90. The van der Waals surface area contributed by atoms with E-state index >= 15 is 0 Å². The Morgan fingerprint density at radius 1 is 1.12 bits per heavy atom. The SMILES string of the molecule is CS(=O)(=O)c1ccc(O[C@H]2c3ccccc3C[C@@H]2N2CCCC(NCC(F)(F)F)C2)cc1. The molecule has 4 rings (SSSR count). The minimum Gasteiger partial charge on any atom is -0.484 e. The van der Waals surface area contributed by atoms with Gasteiger partial charge in [0.1, 0.15) is 11.9 Å². The number of sulfone groups is 1. The van der Waals surface area contributed by atoms with E-state index in [0.717, 1.165) is 31.2 Å². The summed E-state index contributed by atoms with van der Waals surface area (Å²) < 4.78 is 67.8. The molecule has 1 aliphatic heterocycles. The van der Waals surface area contributed by atoms with Crippen LogP contribution in [0.25, 0.3) is 0 Å². The molecule has 2 aromatic carbocycles. The number of alkyl halides is 3. The molecule has 32 heavy (non-hydrogen) atoms. The van der Waals surface area contributed by atoms with Gasteiger partial charge < -0.3 is 10.1 Å². The first-order valence-corrected chi connectivity index (χ1v) is 12.6. The predicted octanol–water partition coefficient (Wildman–Crippen LogP) is 3.75. The van der Waals surface area contributed by atoms with Crippen molar-refractivity contribution in [1.82, 2.24) is 10.2 Å². The van der Waals surface area contributed by atoms with Gasteiger partial charge >= 0.3 is 6.18 Å². The highest BCUT2D eigenvalue weighted by Crippen LogP contribution is 2.39. The molecule has 0 bridgehead atoms. The van der Waals surface area contributed by atoms with Crippen molar-refractivity contribution in [3.05, 3.63) is 59.7 Å². The molecule has 0 amide bonds. The van der Waals surface area contributed by atoms with Crippen LogP contribution in [-0.2, 0) is 16.3 Å². The second kappa shape index (κ2) is 9.03. The average molecular weight is 469 g/mol. The first-order chi connectivity index (χ1) is 15.1. The third-order valence-corrected chi connectivity index (χ3v) is 7.30. The van der Waals surface area contributed by atoms with Crippen LogP contribution in [0.3, 0.4) is 0 Å². The Hall–Kier alpha value is -2.10. The number of hydrogen-bond donors (Lipinski definition) is 1. The lowest BCUT2D eigenvalue weighted by molar-refractivity contribution is -0.127. The zero-order valence-electron chi connectivity index (χ0n) is 17.8. The zero-order chi connectivity index (χ0) is 22.9. The summed E-state index contributed by atoms with van der Waals surface area (Å²) in [5.74, 6) is 0.563. The van der Waals surface area contributed by atoms with Crippen molar-refractivity contribution >= 4 is 9.84 Å². The van der Waals surface area contributed by atoms with Crippen molar-refractivity contribution in [3.63, 3.8) is 0 Å². The Morgan fingerprint density at radius 3 is 2.53 bits per heavy atom. The Balaban J connectivity index is 1.52. The molecular formula is C23H27F3N2O3S. The zero-order valence-corrected chi connectivity index (χ0v) is 18.6. The van der Waals surface area contributed by atoms with Crippen LogP contribution in [0.4, 0.5) is 13.2 Å². The van der Waals surface area contributed by atoms with E-state index in [-0.39, 0.29) is 23.1 Å². The molecule has 1 saturated heterocycles. The van der Waals surface area contributed by atoms with Crippen molar-refractivity contribution in [3.8, 4) is 5.75 Å². The minimum absolute atomic E-state index is 0.00234. The summed E-state index contributed by atoms with van der Waals surface area (Å²) in [7, 11) is -3.30. The van der Waals surface area contributed by atoms with Gasteiger partial charge in [-0.2, -0.15) is 13.2 Å². The van der Waals surface area contributed by atoms with Crippen LogP contribution >= 0.6 is 0 Å². The summed E-state index contributed by atoms with van der Waals surface area (Å²) in [5.41, 5.74) is 2.23. The number of rotatable bonds is 6. The second-order valence-corrected chi connectivity index (χ2v) is 10.6. The number of likely N-dealkylation sites (tertiary alicyclic amines) is 1. The van der Waals surface area contributed by atoms with Gasteiger partial charge in [-0.1, -0.05) is 24.3 Å². The van der Waals surface area contributed by atoms with Gasteiger partial charge in [-0.3, -0.25) is 4.90 Å². The summed E-state index contributed by atoms with van der Waals surface area (Å²) in [4.78, 5) is 2.45. The van der Waals surface area contributed by atoms with Crippen molar-refractivity contribution in [2.75, 3.05) is 25.9 Å². The standard InChI is InChI=1S/C23H27F3N2O3S/c1-32(29,30)19-10-8-18(9-11-19)31-22-20-7-3-2-5-16(20)13-21(22)28-12-4-6-17(14-28)27-15-23(24,25)26/h2-3,5,7-11,17,21-22,27H,4,6,12-15H2,1H3/t17?,21-,22-/m0/s1. The average Bonchev–Trinajstić information content (AvgIpc) is 3.10. The third kappa shape index (κ3) is 5.44. The van der Waals surface area contributed by atoms with Gasteiger partial charge in [-0.25, -0.2) is 8.42 Å². The monoisotopic (exact) mass is 468 g/mol. The van der Waals surface area contributed by atoms with Crippen LogP contribution in [0.1, 0.15) is 30.1 Å². The lowest BCUT2D eigenvalue weighted by Gasteiger charge is -2.39. The molecule has 1 unspecified atom stereocenters. The van der Waals surface area contributed by atoms with Crippen molar-refractivity contribution in [2.45, 2.75) is 48.5 Å². The Morgan fingerprint density at radius 2 is 1.84 bits per heavy atom. The largest absolute Gasteiger partial charge is 0.484 e. The molecule has 1 N–H and O–H groups in total. The lowest BCUT2D eigenvalue weighted by atomic mass is 10.0. The Labute approximate surface area is 186 Å². The summed E-state index contributed by atoms with van der Waals surface area (Å²) in [6, 6.07) is 14.1. The van der Waals surface area contributed by atoms with E-state index in [2.05, 4.69) is 16.3 Å². The topological polar surface area (TPSA) is 58.6 Å². The lowest BCUT2D eigenvalue weighted by Crippen LogP contribution is -2.52. The smallest absolute Gasteiger partial charge is 0.401 e. The fourth-order valence-corrected chi connectivity index (χ4v) is 5.28. The number of ether oxygens (including phenoxy) is 1. The molecule has 0 radical (unpaired) electrons. The van der Waals surface area contributed by atoms with E-state index in [9.17, 15) is 21.6 Å². The maximum atomic E-state index is 12.7. The summed E-state index contributed by atoms with van der Waals surface area (Å²) in [6.07, 6.45) is -1.06. The number of nitrogens with zero attached hydrogens (tertiary/aromatic N) is 1. The molecule has 0 saturated carbocycles. The molecule has 174 valence electrons. The first-order valence-electron chi connectivity index (χ1n) is 10.7. The Bertz CT molecular complexity index is 1040. The Kier molecular flexibility index (Phi) is 6.51.